The van der Waals surface area contributed by atoms with Crippen molar-refractivity contribution in [2.24, 2.45) is 5.92 Å². The van der Waals surface area contributed by atoms with Crippen LogP contribution in [-0.4, -0.2) is 38.3 Å². The Hall–Kier alpha value is -0.610. The number of piperidine rings is 1. The SMILES string of the molecule is CCOCCC(=O)NC1CNCCC1C. The number of nitrogens with one attached hydrogen (secondary N) is 2. The molecule has 15 heavy (non-hydrogen) atoms. The fourth-order valence-corrected chi connectivity index (χ4v) is 1.77. The predicted molar refractivity (Wildman–Crippen MR) is 59.7 cm³/mol. The highest BCUT2D eigenvalue weighted by Gasteiger charge is 2.22. The van der Waals surface area contributed by atoms with E-state index in [0.29, 0.717) is 25.6 Å². The Morgan fingerprint density at radius 2 is 2.40 bits per heavy atom. The van der Waals surface area contributed by atoms with Crippen molar-refractivity contribution >= 4 is 5.91 Å². The summed E-state index contributed by atoms with van der Waals surface area (Å²) in [7, 11) is 0. The molecule has 2 N–H and O–H groups in total. The fourth-order valence-electron chi connectivity index (χ4n) is 1.77. The van der Waals surface area contributed by atoms with E-state index in [0.717, 1.165) is 19.5 Å². The maximum Gasteiger partial charge on any atom is 0.222 e. The minimum Gasteiger partial charge on any atom is -0.381 e. The summed E-state index contributed by atoms with van der Waals surface area (Å²) in [5.41, 5.74) is 0. The lowest BCUT2D eigenvalue weighted by atomic mass is 9.95. The lowest BCUT2D eigenvalue weighted by molar-refractivity contribution is -0.123. The van der Waals surface area contributed by atoms with Crippen molar-refractivity contribution in [3.05, 3.63) is 0 Å². The van der Waals surface area contributed by atoms with Crippen molar-refractivity contribution in [1.29, 1.82) is 0 Å². The van der Waals surface area contributed by atoms with Gasteiger partial charge in [-0.25, -0.2) is 0 Å². The summed E-state index contributed by atoms with van der Waals surface area (Å²) in [4.78, 5) is 11.5. The average Bonchev–Trinajstić information content (AvgIpc) is 2.22. The molecule has 2 atom stereocenters. The van der Waals surface area contributed by atoms with Gasteiger partial charge in [0.25, 0.3) is 0 Å². The summed E-state index contributed by atoms with van der Waals surface area (Å²) in [6.45, 7) is 7.28. The van der Waals surface area contributed by atoms with Gasteiger partial charge in [0.1, 0.15) is 0 Å². The molecule has 88 valence electrons. The van der Waals surface area contributed by atoms with Gasteiger partial charge in [0.2, 0.25) is 5.91 Å². The second-order valence-corrected chi connectivity index (χ2v) is 4.09. The Balaban J connectivity index is 2.18. The van der Waals surface area contributed by atoms with Crippen LogP contribution in [0.3, 0.4) is 0 Å². The summed E-state index contributed by atoms with van der Waals surface area (Å²) >= 11 is 0. The van der Waals surface area contributed by atoms with Gasteiger partial charge < -0.3 is 15.4 Å². The van der Waals surface area contributed by atoms with Crippen LogP contribution in [0, 0.1) is 5.92 Å². The van der Waals surface area contributed by atoms with E-state index in [2.05, 4.69) is 17.6 Å². The molecule has 1 saturated heterocycles. The molecule has 0 aromatic rings. The lowest BCUT2D eigenvalue weighted by Crippen LogP contribution is -2.50. The van der Waals surface area contributed by atoms with Crippen LogP contribution < -0.4 is 10.6 Å². The zero-order valence-electron chi connectivity index (χ0n) is 9.71. The minimum atomic E-state index is 0.101. The number of carbonyl (C=O) groups excluding carboxylic acids is 1. The van der Waals surface area contributed by atoms with Gasteiger partial charge >= 0.3 is 0 Å². The third-order valence-electron chi connectivity index (χ3n) is 2.85. The first-order valence-corrected chi connectivity index (χ1v) is 5.82. The zero-order chi connectivity index (χ0) is 11.1. The maximum absolute atomic E-state index is 11.5. The van der Waals surface area contributed by atoms with Crippen LogP contribution in [0.15, 0.2) is 0 Å². The topological polar surface area (TPSA) is 50.4 Å². The van der Waals surface area contributed by atoms with Gasteiger partial charge in [-0.2, -0.15) is 0 Å². The van der Waals surface area contributed by atoms with E-state index in [9.17, 15) is 4.79 Å². The first-order valence-electron chi connectivity index (χ1n) is 5.82. The van der Waals surface area contributed by atoms with Crippen molar-refractivity contribution in [3.8, 4) is 0 Å². The number of rotatable bonds is 5. The highest BCUT2D eigenvalue weighted by molar-refractivity contribution is 5.76. The van der Waals surface area contributed by atoms with E-state index in [-0.39, 0.29) is 11.9 Å². The third kappa shape index (κ3) is 4.62. The summed E-state index contributed by atoms with van der Waals surface area (Å²) in [5, 5.41) is 6.34. The second-order valence-electron chi connectivity index (χ2n) is 4.09. The van der Waals surface area contributed by atoms with E-state index >= 15 is 0 Å². The van der Waals surface area contributed by atoms with Crippen molar-refractivity contribution in [3.63, 3.8) is 0 Å². The van der Waals surface area contributed by atoms with Gasteiger partial charge in [-0.1, -0.05) is 6.92 Å². The Bertz CT molecular complexity index is 197. The molecule has 1 rings (SSSR count). The molecule has 1 fully saturated rings. The molecular weight excluding hydrogens is 192 g/mol. The van der Waals surface area contributed by atoms with Gasteiger partial charge in [0.15, 0.2) is 0 Å². The quantitative estimate of drug-likeness (QED) is 0.656. The summed E-state index contributed by atoms with van der Waals surface area (Å²) in [6, 6.07) is 0.285. The Morgan fingerprint density at radius 1 is 1.60 bits per heavy atom. The maximum atomic E-state index is 11.5. The van der Waals surface area contributed by atoms with Crippen LogP contribution in [0.25, 0.3) is 0 Å². The molecule has 0 aromatic carbocycles. The number of carbonyl (C=O) groups is 1. The van der Waals surface area contributed by atoms with Crippen LogP contribution in [0.4, 0.5) is 0 Å². The molecule has 0 bridgehead atoms. The molecule has 0 aliphatic carbocycles. The van der Waals surface area contributed by atoms with E-state index in [1.165, 1.54) is 0 Å². The Labute approximate surface area is 91.8 Å². The molecule has 0 radical (unpaired) electrons. The molecule has 1 heterocycles. The van der Waals surface area contributed by atoms with Crippen molar-refractivity contribution in [1.82, 2.24) is 10.6 Å². The van der Waals surface area contributed by atoms with Crippen LogP contribution in [-0.2, 0) is 9.53 Å². The van der Waals surface area contributed by atoms with Gasteiger partial charge in [-0.05, 0) is 25.8 Å². The number of hydrogen-bond donors (Lipinski definition) is 2. The number of hydrogen-bond acceptors (Lipinski definition) is 3. The number of ether oxygens (including phenoxy) is 1. The number of amides is 1. The van der Waals surface area contributed by atoms with E-state index < -0.39 is 0 Å². The first kappa shape index (κ1) is 12.5. The molecular formula is C11H22N2O2. The zero-order valence-corrected chi connectivity index (χ0v) is 9.71. The van der Waals surface area contributed by atoms with E-state index in [4.69, 9.17) is 4.74 Å². The summed E-state index contributed by atoms with van der Waals surface area (Å²) < 4.78 is 5.14. The Kier molecular flexibility index (Phi) is 5.65. The van der Waals surface area contributed by atoms with Gasteiger partial charge in [-0.15, -0.1) is 0 Å². The van der Waals surface area contributed by atoms with Crippen LogP contribution >= 0.6 is 0 Å². The largest absolute Gasteiger partial charge is 0.381 e. The standard InChI is InChI=1S/C11H22N2O2/c1-3-15-7-5-11(14)13-10-8-12-6-4-9(10)2/h9-10,12H,3-8H2,1-2H3,(H,13,14). The normalized spacial score (nSPS) is 26.3. The molecule has 4 nitrogen and oxygen atoms in total. The second kappa shape index (κ2) is 6.80. The lowest BCUT2D eigenvalue weighted by Gasteiger charge is -2.30. The molecule has 2 unspecified atom stereocenters. The average molecular weight is 214 g/mol. The smallest absolute Gasteiger partial charge is 0.222 e. The van der Waals surface area contributed by atoms with Gasteiger partial charge in [0, 0.05) is 25.6 Å². The third-order valence-corrected chi connectivity index (χ3v) is 2.85. The van der Waals surface area contributed by atoms with Crippen LogP contribution in [0.1, 0.15) is 26.7 Å². The van der Waals surface area contributed by atoms with Gasteiger partial charge in [-0.3, -0.25) is 4.79 Å². The Morgan fingerprint density at radius 3 is 3.07 bits per heavy atom. The molecule has 0 spiro atoms. The summed E-state index contributed by atoms with van der Waals surface area (Å²) in [6.07, 6.45) is 1.60. The first-order chi connectivity index (χ1) is 7.24. The molecule has 0 saturated carbocycles. The minimum absolute atomic E-state index is 0.101. The fraction of sp³-hybridized carbons (Fsp3) is 0.909. The van der Waals surface area contributed by atoms with Crippen molar-refractivity contribution in [2.75, 3.05) is 26.3 Å². The summed E-state index contributed by atoms with van der Waals surface area (Å²) in [5.74, 6) is 0.672. The highest BCUT2D eigenvalue weighted by atomic mass is 16.5. The molecule has 1 aliphatic rings. The van der Waals surface area contributed by atoms with Crippen molar-refractivity contribution < 1.29 is 9.53 Å². The van der Waals surface area contributed by atoms with Crippen LogP contribution in [0.2, 0.25) is 0 Å². The van der Waals surface area contributed by atoms with Gasteiger partial charge in [0.05, 0.1) is 6.61 Å². The molecule has 1 aliphatic heterocycles. The highest BCUT2D eigenvalue weighted by Crippen LogP contribution is 2.11. The van der Waals surface area contributed by atoms with E-state index in [1.54, 1.807) is 0 Å². The monoisotopic (exact) mass is 214 g/mol. The van der Waals surface area contributed by atoms with Crippen molar-refractivity contribution in [2.45, 2.75) is 32.7 Å². The molecule has 0 aromatic heterocycles. The molecule has 1 amide bonds. The van der Waals surface area contributed by atoms with E-state index in [1.807, 2.05) is 6.92 Å². The predicted octanol–water partition coefficient (Wildman–Crippen LogP) is 0.527. The molecule has 4 heteroatoms. The van der Waals surface area contributed by atoms with Crippen LogP contribution in [0.5, 0.6) is 0 Å².